The molecule has 1 heteroatoms. The van der Waals surface area contributed by atoms with Gasteiger partial charge in [-0.3, -0.25) is 0 Å². The Morgan fingerprint density at radius 1 is 0.212 bits per heavy atom. The molecule has 0 N–H and O–H groups in total. The Kier molecular flexibility index (Phi) is 43.7. The quantitative estimate of drug-likeness (QED) is 0.0564. The molecule has 0 amide bonds. The van der Waals surface area contributed by atoms with Crippen LogP contribution in [0.2, 0.25) is 0 Å². The maximum Gasteiger partial charge on any atom is 0.0203 e. The van der Waals surface area contributed by atoms with Gasteiger partial charge >= 0.3 is 0 Å². The largest absolute Gasteiger partial charge is 0.304 e. The Bertz CT molecular complexity index is 546. The molecule has 0 rings (SSSR count). The van der Waals surface area contributed by atoms with E-state index in [1.54, 1.807) is 0 Å². The van der Waals surface area contributed by atoms with Crippen molar-refractivity contribution in [2.75, 3.05) is 14.1 Å². The molecule has 1 nitrogen and oxygen atoms in total. The predicted octanol–water partition coefficient (Wildman–Crippen LogP) is 18.9. The van der Waals surface area contributed by atoms with E-state index in [4.69, 9.17) is 0 Å². The molecular formula is C51H105N. The van der Waals surface area contributed by atoms with Crippen molar-refractivity contribution in [2.24, 2.45) is 0 Å². The van der Waals surface area contributed by atoms with Gasteiger partial charge in [-0.1, -0.05) is 290 Å². The number of hydrogen-bond acceptors (Lipinski definition) is 1. The maximum atomic E-state index is 2.69. The third-order valence-electron chi connectivity index (χ3n) is 12.9. The molecule has 0 aromatic carbocycles. The van der Waals surface area contributed by atoms with E-state index in [0.717, 1.165) is 0 Å². The lowest BCUT2D eigenvalue weighted by atomic mass is 9.80. The third kappa shape index (κ3) is 36.9. The van der Waals surface area contributed by atoms with Crippen LogP contribution in [0, 0.1) is 0 Å². The van der Waals surface area contributed by atoms with E-state index in [0.29, 0.717) is 5.54 Å². The van der Waals surface area contributed by atoms with E-state index < -0.39 is 0 Å². The Labute approximate surface area is 333 Å². The van der Waals surface area contributed by atoms with Gasteiger partial charge in [-0.05, 0) is 33.4 Å². The van der Waals surface area contributed by atoms with Gasteiger partial charge in [-0.25, -0.2) is 0 Å². The molecule has 314 valence electrons. The van der Waals surface area contributed by atoms with Gasteiger partial charge in [0.1, 0.15) is 0 Å². The van der Waals surface area contributed by atoms with Crippen molar-refractivity contribution >= 4 is 0 Å². The lowest BCUT2D eigenvalue weighted by Crippen LogP contribution is -2.44. The lowest BCUT2D eigenvalue weighted by Gasteiger charge is -2.41. The first-order valence-corrected chi connectivity index (χ1v) is 25.3. The molecule has 0 aliphatic carbocycles. The van der Waals surface area contributed by atoms with Crippen LogP contribution in [0.25, 0.3) is 0 Å². The van der Waals surface area contributed by atoms with Gasteiger partial charge in [0.15, 0.2) is 0 Å². The first-order valence-electron chi connectivity index (χ1n) is 25.3. The highest BCUT2D eigenvalue weighted by atomic mass is 15.1. The smallest absolute Gasteiger partial charge is 0.0203 e. The lowest BCUT2D eigenvalue weighted by molar-refractivity contribution is 0.104. The van der Waals surface area contributed by atoms with Crippen LogP contribution in [0.1, 0.15) is 310 Å². The van der Waals surface area contributed by atoms with Crippen LogP contribution in [0.4, 0.5) is 0 Å². The van der Waals surface area contributed by atoms with E-state index in [2.05, 4.69) is 39.8 Å². The zero-order valence-corrected chi connectivity index (χ0v) is 37.8. The molecule has 0 bridgehead atoms. The monoisotopic (exact) mass is 732 g/mol. The van der Waals surface area contributed by atoms with E-state index in [9.17, 15) is 0 Å². The second-order valence-corrected chi connectivity index (χ2v) is 18.2. The molecule has 52 heavy (non-hydrogen) atoms. The fourth-order valence-electron chi connectivity index (χ4n) is 8.99. The zero-order valence-electron chi connectivity index (χ0n) is 37.8. The van der Waals surface area contributed by atoms with Crippen molar-refractivity contribution in [2.45, 2.75) is 315 Å². The third-order valence-corrected chi connectivity index (χ3v) is 12.9. The minimum Gasteiger partial charge on any atom is -0.304 e. The standard InChI is InChI=1S/C51H105N/c1-6-9-12-15-18-21-24-27-30-33-36-39-42-45-48-51(52(4)5,49-46-43-40-37-34-31-28-25-22-19-16-13-10-7-2)50-47-44-41-38-35-32-29-26-23-20-17-14-11-8-3/h6-50H2,1-5H3. The van der Waals surface area contributed by atoms with Gasteiger partial charge in [-0.15, -0.1) is 0 Å². The normalized spacial score (nSPS) is 12.1. The summed E-state index contributed by atoms with van der Waals surface area (Å²) < 4.78 is 0. The summed E-state index contributed by atoms with van der Waals surface area (Å²) in [5.74, 6) is 0. The van der Waals surface area contributed by atoms with Crippen LogP contribution in [-0.2, 0) is 0 Å². The van der Waals surface area contributed by atoms with Crippen molar-refractivity contribution in [3.63, 3.8) is 0 Å². The van der Waals surface area contributed by atoms with Crippen molar-refractivity contribution in [3.05, 3.63) is 0 Å². The molecule has 0 aromatic heterocycles. The second-order valence-electron chi connectivity index (χ2n) is 18.2. The first kappa shape index (κ1) is 52.0. The van der Waals surface area contributed by atoms with Crippen molar-refractivity contribution in [3.8, 4) is 0 Å². The van der Waals surface area contributed by atoms with Crippen LogP contribution in [0.5, 0.6) is 0 Å². The molecule has 0 radical (unpaired) electrons. The molecule has 0 fully saturated rings. The average Bonchev–Trinajstić information content (AvgIpc) is 3.14. The average molecular weight is 732 g/mol. The van der Waals surface area contributed by atoms with Crippen LogP contribution in [0.3, 0.4) is 0 Å². The Morgan fingerprint density at radius 2 is 0.346 bits per heavy atom. The second kappa shape index (κ2) is 43.7. The molecule has 0 saturated heterocycles. The summed E-state index contributed by atoms with van der Waals surface area (Å²) in [4.78, 5) is 2.69. The Balaban J connectivity index is 4.34. The zero-order chi connectivity index (χ0) is 37.9. The fraction of sp³-hybridized carbons (Fsp3) is 1.00. The maximum absolute atomic E-state index is 2.69. The summed E-state index contributed by atoms with van der Waals surface area (Å²) >= 11 is 0. The van der Waals surface area contributed by atoms with Gasteiger partial charge in [0, 0.05) is 5.54 Å². The molecule has 0 heterocycles. The van der Waals surface area contributed by atoms with Crippen LogP contribution < -0.4 is 0 Å². The topological polar surface area (TPSA) is 3.24 Å². The Hall–Kier alpha value is -0.0400. The minimum absolute atomic E-state index is 0.450. The molecule has 0 aromatic rings. The minimum atomic E-state index is 0.450. The summed E-state index contributed by atoms with van der Waals surface area (Å²) in [6.07, 6.45) is 65.8. The van der Waals surface area contributed by atoms with E-state index in [1.165, 1.54) is 289 Å². The van der Waals surface area contributed by atoms with E-state index >= 15 is 0 Å². The molecule has 0 spiro atoms. The van der Waals surface area contributed by atoms with Gasteiger partial charge in [-0.2, -0.15) is 0 Å². The van der Waals surface area contributed by atoms with Gasteiger partial charge in [0.2, 0.25) is 0 Å². The molecule has 0 aliphatic rings. The van der Waals surface area contributed by atoms with Gasteiger partial charge in [0.05, 0.1) is 0 Å². The highest BCUT2D eigenvalue weighted by Gasteiger charge is 2.30. The Morgan fingerprint density at radius 3 is 0.481 bits per heavy atom. The van der Waals surface area contributed by atoms with Crippen molar-refractivity contribution in [1.82, 2.24) is 4.90 Å². The van der Waals surface area contributed by atoms with Crippen LogP contribution in [0.15, 0.2) is 0 Å². The van der Waals surface area contributed by atoms with Crippen molar-refractivity contribution < 1.29 is 0 Å². The first-order chi connectivity index (χ1) is 25.6. The van der Waals surface area contributed by atoms with E-state index in [-0.39, 0.29) is 0 Å². The molecule has 0 unspecified atom stereocenters. The van der Waals surface area contributed by atoms with Crippen molar-refractivity contribution in [1.29, 1.82) is 0 Å². The highest BCUT2D eigenvalue weighted by molar-refractivity contribution is 4.88. The summed E-state index contributed by atoms with van der Waals surface area (Å²) in [6, 6.07) is 0. The summed E-state index contributed by atoms with van der Waals surface area (Å²) in [5, 5.41) is 0. The number of nitrogens with zero attached hydrogens (tertiary/aromatic N) is 1. The summed E-state index contributed by atoms with van der Waals surface area (Å²) in [5.41, 5.74) is 0.450. The SMILES string of the molecule is CCCCCCCCCCCCCCCCC(CCCCCCCCCCCCCCCC)(CCCCCCCCCCCCCCCC)N(C)C. The summed E-state index contributed by atoms with van der Waals surface area (Å²) in [7, 11) is 4.86. The molecule has 0 saturated carbocycles. The molecule has 0 atom stereocenters. The van der Waals surface area contributed by atoms with Gasteiger partial charge < -0.3 is 4.90 Å². The van der Waals surface area contributed by atoms with Crippen LogP contribution in [-0.4, -0.2) is 24.5 Å². The highest BCUT2D eigenvalue weighted by Crippen LogP contribution is 2.33. The fourth-order valence-corrected chi connectivity index (χ4v) is 8.99. The number of unbranched alkanes of at least 4 members (excludes halogenated alkanes) is 39. The van der Waals surface area contributed by atoms with Gasteiger partial charge in [0.25, 0.3) is 0 Å². The number of hydrogen-bond donors (Lipinski definition) is 0. The van der Waals surface area contributed by atoms with E-state index in [1.807, 2.05) is 0 Å². The summed E-state index contributed by atoms with van der Waals surface area (Å²) in [6.45, 7) is 6.96. The molecular weight excluding hydrogens is 627 g/mol. The molecule has 0 aliphatic heterocycles. The van der Waals surface area contributed by atoms with Crippen LogP contribution >= 0.6 is 0 Å². The predicted molar refractivity (Wildman–Crippen MR) is 241 cm³/mol. The number of rotatable bonds is 46.